The smallest absolute Gasteiger partial charge is 0.237 e. The summed E-state index contributed by atoms with van der Waals surface area (Å²) in [4.78, 5) is 16.7. The summed E-state index contributed by atoms with van der Waals surface area (Å²) in [7, 11) is 1.67. The molecular formula is C18H28ClN3O2. The lowest BCUT2D eigenvalue weighted by Gasteiger charge is -2.39. The zero-order chi connectivity index (χ0) is 17.7. The Bertz CT molecular complexity index is 557. The van der Waals surface area contributed by atoms with Gasteiger partial charge in [0.1, 0.15) is 5.75 Å². The maximum absolute atomic E-state index is 12.2. The van der Waals surface area contributed by atoms with Gasteiger partial charge in [-0.1, -0.05) is 25.4 Å². The number of piperazine rings is 1. The molecule has 1 aromatic carbocycles. The number of methoxy groups -OCH3 is 1. The van der Waals surface area contributed by atoms with Crippen molar-refractivity contribution >= 4 is 23.2 Å². The normalized spacial score (nSPS) is 17.0. The number of rotatable bonds is 6. The highest BCUT2D eigenvalue weighted by Gasteiger charge is 2.26. The first-order valence-electron chi connectivity index (χ1n) is 8.52. The van der Waals surface area contributed by atoms with Gasteiger partial charge in [0, 0.05) is 37.7 Å². The number of ether oxygens (including phenoxy) is 1. The summed E-state index contributed by atoms with van der Waals surface area (Å²) in [5.74, 6) is 1.40. The molecule has 1 amide bonds. The quantitative estimate of drug-likeness (QED) is 0.854. The molecule has 1 saturated heterocycles. The van der Waals surface area contributed by atoms with Crippen LogP contribution in [-0.4, -0.2) is 56.7 Å². The summed E-state index contributed by atoms with van der Waals surface area (Å²) in [5.41, 5.74) is 1.02. The number of carbonyl (C=O) groups is 1. The van der Waals surface area contributed by atoms with E-state index in [4.69, 9.17) is 16.3 Å². The van der Waals surface area contributed by atoms with Gasteiger partial charge in [0.15, 0.2) is 0 Å². The molecule has 0 aromatic heterocycles. The van der Waals surface area contributed by atoms with Crippen LogP contribution >= 0.6 is 11.6 Å². The maximum atomic E-state index is 12.2. The van der Waals surface area contributed by atoms with Crippen LogP contribution in [0.1, 0.15) is 20.8 Å². The number of hydrogen-bond acceptors (Lipinski definition) is 4. The van der Waals surface area contributed by atoms with E-state index < -0.39 is 0 Å². The lowest BCUT2D eigenvalue weighted by Crippen LogP contribution is -2.54. The Morgan fingerprint density at radius 2 is 1.92 bits per heavy atom. The molecule has 1 fully saturated rings. The van der Waals surface area contributed by atoms with E-state index in [9.17, 15) is 4.79 Å². The SMILES string of the molecule is COc1ccc(Cl)cc1N1CCN(C(C)C(=O)NCC(C)C)CC1. The molecule has 0 radical (unpaired) electrons. The van der Waals surface area contributed by atoms with Crippen molar-refractivity contribution in [1.29, 1.82) is 0 Å². The minimum atomic E-state index is -0.104. The van der Waals surface area contributed by atoms with Gasteiger partial charge in [-0.15, -0.1) is 0 Å². The molecule has 6 heteroatoms. The summed E-state index contributed by atoms with van der Waals surface area (Å²) in [6.45, 7) is 10.3. The number of benzene rings is 1. The second-order valence-electron chi connectivity index (χ2n) is 6.65. The Morgan fingerprint density at radius 1 is 1.25 bits per heavy atom. The molecule has 0 spiro atoms. The van der Waals surface area contributed by atoms with Gasteiger partial charge in [0.05, 0.1) is 18.8 Å². The average molecular weight is 354 g/mol. The van der Waals surface area contributed by atoms with Crippen LogP contribution in [0, 0.1) is 5.92 Å². The second kappa shape index (κ2) is 8.58. The van der Waals surface area contributed by atoms with E-state index in [1.54, 1.807) is 7.11 Å². The molecule has 134 valence electrons. The number of nitrogens with one attached hydrogen (secondary N) is 1. The van der Waals surface area contributed by atoms with Crippen molar-refractivity contribution in [2.45, 2.75) is 26.8 Å². The van der Waals surface area contributed by atoms with E-state index in [1.807, 2.05) is 25.1 Å². The molecule has 0 bridgehead atoms. The van der Waals surface area contributed by atoms with Crippen LogP contribution < -0.4 is 15.0 Å². The fraction of sp³-hybridized carbons (Fsp3) is 0.611. The van der Waals surface area contributed by atoms with Gasteiger partial charge in [0.2, 0.25) is 5.91 Å². The lowest BCUT2D eigenvalue weighted by atomic mass is 10.1. The van der Waals surface area contributed by atoms with Crippen molar-refractivity contribution < 1.29 is 9.53 Å². The lowest BCUT2D eigenvalue weighted by molar-refractivity contribution is -0.126. The van der Waals surface area contributed by atoms with Crippen LogP contribution in [-0.2, 0) is 4.79 Å². The summed E-state index contributed by atoms with van der Waals surface area (Å²) >= 11 is 6.13. The van der Waals surface area contributed by atoms with E-state index in [2.05, 4.69) is 29.0 Å². The largest absolute Gasteiger partial charge is 0.495 e. The number of halogens is 1. The molecule has 1 N–H and O–H groups in total. The van der Waals surface area contributed by atoms with E-state index in [0.717, 1.165) is 44.2 Å². The van der Waals surface area contributed by atoms with Crippen molar-refractivity contribution in [2.24, 2.45) is 5.92 Å². The molecule has 1 heterocycles. The second-order valence-corrected chi connectivity index (χ2v) is 7.09. The first-order valence-corrected chi connectivity index (χ1v) is 8.90. The van der Waals surface area contributed by atoms with Crippen LogP contribution in [0.5, 0.6) is 5.75 Å². The van der Waals surface area contributed by atoms with Crippen molar-refractivity contribution in [3.8, 4) is 5.75 Å². The minimum absolute atomic E-state index is 0.104. The van der Waals surface area contributed by atoms with Gasteiger partial charge in [-0.3, -0.25) is 9.69 Å². The Labute approximate surface area is 149 Å². The van der Waals surface area contributed by atoms with Crippen molar-refractivity contribution in [3.63, 3.8) is 0 Å². The Hall–Kier alpha value is -1.46. The first-order chi connectivity index (χ1) is 11.4. The standard InChI is InChI=1S/C18H28ClN3O2/c1-13(2)12-20-18(23)14(3)21-7-9-22(10-8-21)16-11-15(19)5-6-17(16)24-4/h5-6,11,13-14H,7-10,12H2,1-4H3,(H,20,23). The van der Waals surface area contributed by atoms with E-state index >= 15 is 0 Å². The zero-order valence-electron chi connectivity index (χ0n) is 15.0. The highest BCUT2D eigenvalue weighted by atomic mass is 35.5. The summed E-state index contributed by atoms with van der Waals surface area (Å²) in [6, 6.07) is 5.56. The monoisotopic (exact) mass is 353 g/mol. The van der Waals surface area contributed by atoms with Crippen molar-refractivity contribution in [3.05, 3.63) is 23.2 Å². The van der Waals surface area contributed by atoms with Crippen molar-refractivity contribution in [2.75, 3.05) is 44.7 Å². The summed E-state index contributed by atoms with van der Waals surface area (Å²) in [5, 5.41) is 3.72. The number of carbonyl (C=O) groups excluding carboxylic acids is 1. The molecule has 1 unspecified atom stereocenters. The zero-order valence-corrected chi connectivity index (χ0v) is 15.8. The number of anilines is 1. The highest BCUT2D eigenvalue weighted by molar-refractivity contribution is 6.30. The number of hydrogen-bond donors (Lipinski definition) is 1. The predicted octanol–water partition coefficient (Wildman–Crippen LogP) is 2.63. The van der Waals surface area contributed by atoms with Gasteiger partial charge >= 0.3 is 0 Å². The van der Waals surface area contributed by atoms with Crippen LogP contribution in [0.2, 0.25) is 5.02 Å². The number of nitrogens with zero attached hydrogens (tertiary/aromatic N) is 2. The van der Waals surface area contributed by atoms with E-state index in [0.29, 0.717) is 10.9 Å². The van der Waals surface area contributed by atoms with Gasteiger partial charge in [-0.05, 0) is 31.0 Å². The third kappa shape index (κ3) is 4.77. The van der Waals surface area contributed by atoms with Crippen LogP contribution in [0.25, 0.3) is 0 Å². The third-order valence-corrected chi connectivity index (χ3v) is 4.64. The molecule has 5 nitrogen and oxygen atoms in total. The first kappa shape index (κ1) is 18.9. The minimum Gasteiger partial charge on any atom is -0.495 e. The van der Waals surface area contributed by atoms with Crippen LogP contribution in [0.3, 0.4) is 0 Å². The molecule has 0 aliphatic carbocycles. The van der Waals surface area contributed by atoms with Gasteiger partial charge in [-0.2, -0.15) is 0 Å². The van der Waals surface area contributed by atoms with E-state index in [-0.39, 0.29) is 11.9 Å². The molecule has 1 aliphatic rings. The molecule has 0 saturated carbocycles. The average Bonchev–Trinajstić information content (AvgIpc) is 2.59. The van der Waals surface area contributed by atoms with Gasteiger partial charge < -0.3 is 15.0 Å². The Balaban J connectivity index is 1.94. The highest BCUT2D eigenvalue weighted by Crippen LogP contribution is 2.32. The third-order valence-electron chi connectivity index (χ3n) is 4.41. The Kier molecular flexibility index (Phi) is 6.75. The molecule has 1 aromatic rings. The summed E-state index contributed by atoms with van der Waals surface area (Å²) in [6.07, 6.45) is 0. The Morgan fingerprint density at radius 3 is 2.50 bits per heavy atom. The van der Waals surface area contributed by atoms with E-state index in [1.165, 1.54) is 0 Å². The van der Waals surface area contributed by atoms with Crippen LogP contribution in [0.15, 0.2) is 18.2 Å². The van der Waals surface area contributed by atoms with Crippen LogP contribution in [0.4, 0.5) is 5.69 Å². The molecule has 2 rings (SSSR count). The maximum Gasteiger partial charge on any atom is 0.237 e. The number of amides is 1. The molecule has 1 atom stereocenters. The molecule has 24 heavy (non-hydrogen) atoms. The molecular weight excluding hydrogens is 326 g/mol. The predicted molar refractivity (Wildman–Crippen MR) is 99.1 cm³/mol. The van der Waals surface area contributed by atoms with Gasteiger partial charge in [-0.25, -0.2) is 0 Å². The van der Waals surface area contributed by atoms with Crippen molar-refractivity contribution in [1.82, 2.24) is 10.2 Å². The fourth-order valence-corrected chi connectivity index (χ4v) is 3.04. The molecule has 1 aliphatic heterocycles. The topological polar surface area (TPSA) is 44.8 Å². The van der Waals surface area contributed by atoms with Gasteiger partial charge in [0.25, 0.3) is 0 Å². The fourth-order valence-electron chi connectivity index (χ4n) is 2.88. The summed E-state index contributed by atoms with van der Waals surface area (Å²) < 4.78 is 5.44.